The summed E-state index contributed by atoms with van der Waals surface area (Å²) in [5.74, 6) is 9.07. The number of aryl methyl sites for hydroxylation is 1. The van der Waals surface area contributed by atoms with E-state index in [1.807, 2.05) is 59.0 Å². The number of piperidine rings is 1. The second-order valence-corrected chi connectivity index (χ2v) is 10.5. The van der Waals surface area contributed by atoms with Gasteiger partial charge >= 0.3 is 0 Å². The molecule has 0 aliphatic carbocycles. The summed E-state index contributed by atoms with van der Waals surface area (Å²) in [4.78, 5) is 29.8. The maximum Gasteiger partial charge on any atom is 0.257 e. The highest BCUT2D eigenvalue weighted by Crippen LogP contribution is 2.38. The lowest BCUT2D eigenvalue weighted by Gasteiger charge is -2.45. The quantitative estimate of drug-likeness (QED) is 0.278. The largest absolute Gasteiger partial charge is 0.478 e. The zero-order valence-corrected chi connectivity index (χ0v) is 23.8. The van der Waals surface area contributed by atoms with E-state index in [4.69, 9.17) is 20.2 Å². The number of likely N-dealkylation sites (tertiary alicyclic amines) is 2. The number of benzene rings is 1. The van der Waals surface area contributed by atoms with Gasteiger partial charge in [0.25, 0.3) is 5.88 Å². The standard InChI is InChI=1S/C32H33N7O3/c1-4-27(40)38-16-14-22(15-17-38)39-18-21(19-39)10-12-25-28(29-30(33)34-20-35-31(29)37(25)2)24-11-13-26(32(36-24)41-3)42-23-8-6-5-7-9-23/h4-9,11,13,20-22H,1,14-19H2,2-3H3,(H2,33,34,35). The van der Waals surface area contributed by atoms with Crippen molar-refractivity contribution >= 4 is 22.8 Å². The summed E-state index contributed by atoms with van der Waals surface area (Å²) in [7, 11) is 3.49. The number of aromatic nitrogens is 4. The lowest BCUT2D eigenvalue weighted by molar-refractivity contribution is -0.127. The zero-order valence-electron chi connectivity index (χ0n) is 23.8. The number of nitrogens with two attached hydrogens (primary N) is 1. The van der Waals surface area contributed by atoms with Crippen LogP contribution in [0, 0.1) is 17.8 Å². The third kappa shape index (κ3) is 5.15. The highest BCUT2D eigenvalue weighted by molar-refractivity contribution is 6.02. The fraction of sp³-hybridized carbons (Fsp3) is 0.312. The van der Waals surface area contributed by atoms with Gasteiger partial charge in [0.15, 0.2) is 5.75 Å². The van der Waals surface area contributed by atoms with Crippen LogP contribution in [-0.4, -0.2) is 74.6 Å². The average molecular weight is 564 g/mol. The number of hydrogen-bond donors (Lipinski definition) is 1. The van der Waals surface area contributed by atoms with Gasteiger partial charge in [0.1, 0.15) is 29.2 Å². The Balaban J connectivity index is 1.26. The van der Waals surface area contributed by atoms with Gasteiger partial charge in [-0.15, -0.1) is 0 Å². The minimum Gasteiger partial charge on any atom is -0.478 e. The van der Waals surface area contributed by atoms with Crippen LogP contribution < -0.4 is 15.2 Å². The number of fused-ring (bicyclic) bond motifs is 1. The van der Waals surface area contributed by atoms with Gasteiger partial charge in [0, 0.05) is 50.7 Å². The number of amides is 1. The third-order valence-electron chi connectivity index (χ3n) is 8.01. The number of nitrogens with zero attached hydrogens (tertiary/aromatic N) is 6. The Labute approximate surface area is 244 Å². The number of anilines is 1. The fourth-order valence-electron chi connectivity index (χ4n) is 5.73. The number of nitrogen functional groups attached to an aromatic ring is 1. The number of para-hydroxylation sites is 1. The van der Waals surface area contributed by atoms with Gasteiger partial charge in [-0.3, -0.25) is 9.69 Å². The second-order valence-electron chi connectivity index (χ2n) is 10.5. The number of methoxy groups -OCH3 is 1. The molecule has 0 spiro atoms. The predicted molar refractivity (Wildman–Crippen MR) is 161 cm³/mol. The molecule has 10 nitrogen and oxygen atoms in total. The normalized spacial score (nSPS) is 16.0. The molecule has 0 bridgehead atoms. The van der Waals surface area contributed by atoms with Crippen molar-refractivity contribution in [2.24, 2.45) is 13.0 Å². The maximum absolute atomic E-state index is 11.9. The van der Waals surface area contributed by atoms with Gasteiger partial charge < -0.3 is 24.7 Å². The Morgan fingerprint density at radius 2 is 1.88 bits per heavy atom. The van der Waals surface area contributed by atoms with Gasteiger partial charge in [-0.05, 0) is 49.1 Å². The van der Waals surface area contributed by atoms with Crippen LogP contribution in [-0.2, 0) is 11.8 Å². The molecule has 10 heteroatoms. The minimum atomic E-state index is 0.0161. The molecule has 3 aromatic heterocycles. The molecule has 1 aromatic carbocycles. The smallest absolute Gasteiger partial charge is 0.257 e. The van der Waals surface area contributed by atoms with E-state index >= 15 is 0 Å². The summed E-state index contributed by atoms with van der Waals surface area (Å²) in [6.45, 7) is 6.97. The highest BCUT2D eigenvalue weighted by Gasteiger charge is 2.34. The van der Waals surface area contributed by atoms with E-state index in [1.165, 1.54) is 12.4 Å². The molecule has 0 atom stereocenters. The molecule has 2 saturated heterocycles. The summed E-state index contributed by atoms with van der Waals surface area (Å²) in [5.41, 5.74) is 9.22. The number of hydrogen-bond acceptors (Lipinski definition) is 8. The molecular weight excluding hydrogens is 530 g/mol. The summed E-state index contributed by atoms with van der Waals surface area (Å²) in [6.07, 6.45) is 4.81. The van der Waals surface area contributed by atoms with Gasteiger partial charge in [-0.25, -0.2) is 15.0 Å². The van der Waals surface area contributed by atoms with E-state index in [-0.39, 0.29) is 11.8 Å². The molecule has 214 valence electrons. The SMILES string of the molecule is C=CC(=O)N1CCC(N2CC(C#Cc3c(-c4ccc(Oc5ccccc5)c(OC)n4)c4c(N)ncnc4n3C)C2)CC1. The van der Waals surface area contributed by atoms with Crippen LogP contribution >= 0.6 is 0 Å². The summed E-state index contributed by atoms with van der Waals surface area (Å²) in [5, 5.41) is 0.701. The van der Waals surface area contributed by atoms with Crippen molar-refractivity contribution < 1.29 is 14.3 Å². The molecule has 6 rings (SSSR count). The van der Waals surface area contributed by atoms with Crippen molar-refractivity contribution in [3.8, 4) is 40.5 Å². The van der Waals surface area contributed by atoms with Crippen molar-refractivity contribution in [1.82, 2.24) is 29.3 Å². The Bertz CT molecular complexity index is 1690. The number of carbonyl (C=O) groups is 1. The van der Waals surface area contributed by atoms with Gasteiger partial charge in [-0.1, -0.05) is 30.7 Å². The maximum atomic E-state index is 11.9. The number of rotatable bonds is 6. The molecule has 1 amide bonds. The van der Waals surface area contributed by atoms with Crippen molar-refractivity contribution in [3.63, 3.8) is 0 Å². The Morgan fingerprint density at radius 3 is 2.60 bits per heavy atom. The number of carbonyl (C=O) groups excluding carboxylic acids is 1. The van der Waals surface area contributed by atoms with Crippen LogP contribution in [0.1, 0.15) is 18.5 Å². The molecule has 0 unspecified atom stereocenters. The topological polar surface area (TPSA) is 112 Å². The highest BCUT2D eigenvalue weighted by atomic mass is 16.5. The Hall–Kier alpha value is -4.88. The van der Waals surface area contributed by atoms with Crippen LogP contribution in [0.15, 0.2) is 61.4 Å². The molecule has 5 heterocycles. The summed E-state index contributed by atoms with van der Waals surface area (Å²) in [6, 6.07) is 13.7. The molecule has 4 aromatic rings. The fourth-order valence-corrected chi connectivity index (χ4v) is 5.73. The molecule has 0 radical (unpaired) electrons. The van der Waals surface area contributed by atoms with Crippen LogP contribution in [0.2, 0.25) is 0 Å². The number of ether oxygens (including phenoxy) is 2. The monoisotopic (exact) mass is 563 g/mol. The number of pyridine rings is 1. The van der Waals surface area contributed by atoms with E-state index in [0.717, 1.165) is 50.3 Å². The minimum absolute atomic E-state index is 0.0161. The molecular formula is C32H33N7O3. The van der Waals surface area contributed by atoms with Crippen LogP contribution in [0.25, 0.3) is 22.3 Å². The third-order valence-corrected chi connectivity index (χ3v) is 8.01. The van der Waals surface area contributed by atoms with Crippen molar-refractivity contribution in [2.45, 2.75) is 18.9 Å². The predicted octanol–water partition coefficient (Wildman–Crippen LogP) is 3.87. The Morgan fingerprint density at radius 1 is 1.12 bits per heavy atom. The van der Waals surface area contributed by atoms with Crippen LogP contribution in [0.3, 0.4) is 0 Å². The van der Waals surface area contributed by atoms with Gasteiger partial charge in [-0.2, -0.15) is 0 Å². The van der Waals surface area contributed by atoms with Gasteiger partial charge in [0.05, 0.1) is 18.2 Å². The van der Waals surface area contributed by atoms with E-state index in [2.05, 4.69) is 33.3 Å². The Kier molecular flexibility index (Phi) is 7.50. The van der Waals surface area contributed by atoms with Crippen molar-refractivity contribution in [3.05, 3.63) is 67.1 Å². The van der Waals surface area contributed by atoms with E-state index in [9.17, 15) is 4.79 Å². The summed E-state index contributed by atoms with van der Waals surface area (Å²) >= 11 is 0. The molecule has 2 fully saturated rings. The first-order valence-electron chi connectivity index (χ1n) is 14.0. The van der Waals surface area contributed by atoms with Crippen LogP contribution in [0.5, 0.6) is 17.4 Å². The first kappa shape index (κ1) is 27.3. The zero-order chi connectivity index (χ0) is 29.2. The first-order valence-corrected chi connectivity index (χ1v) is 14.0. The second kappa shape index (κ2) is 11.5. The lowest BCUT2D eigenvalue weighted by atomic mass is 9.93. The van der Waals surface area contributed by atoms with Crippen molar-refractivity contribution in [2.75, 3.05) is 39.0 Å². The van der Waals surface area contributed by atoms with E-state index in [0.29, 0.717) is 46.0 Å². The average Bonchev–Trinajstić information content (AvgIpc) is 3.29. The molecule has 42 heavy (non-hydrogen) atoms. The molecule has 2 aliphatic heterocycles. The van der Waals surface area contributed by atoms with Gasteiger partial charge in [0.2, 0.25) is 5.91 Å². The first-order chi connectivity index (χ1) is 20.5. The molecule has 2 N–H and O–H groups in total. The lowest BCUT2D eigenvalue weighted by Crippen LogP contribution is -2.55. The van der Waals surface area contributed by atoms with E-state index in [1.54, 1.807) is 7.11 Å². The van der Waals surface area contributed by atoms with Crippen molar-refractivity contribution in [1.29, 1.82) is 0 Å². The summed E-state index contributed by atoms with van der Waals surface area (Å²) < 4.78 is 13.6. The van der Waals surface area contributed by atoms with Crippen LogP contribution in [0.4, 0.5) is 5.82 Å². The molecule has 2 aliphatic rings. The molecule has 0 saturated carbocycles. The van der Waals surface area contributed by atoms with E-state index < -0.39 is 0 Å².